The molecule has 2 aromatic carbocycles. The average molecular weight is 359 g/mol. The highest BCUT2D eigenvalue weighted by molar-refractivity contribution is 5.79. The first kappa shape index (κ1) is 18.1. The Morgan fingerprint density at radius 3 is 2.62 bits per heavy atom. The molecule has 0 aliphatic heterocycles. The van der Waals surface area contributed by atoms with Crippen molar-refractivity contribution < 1.29 is 23.3 Å². The molecule has 3 aromatic rings. The minimum atomic E-state index is -0.884. The van der Waals surface area contributed by atoms with E-state index in [2.05, 4.69) is 5.32 Å². The van der Waals surface area contributed by atoms with Crippen LogP contribution in [0.3, 0.4) is 0 Å². The molecule has 1 amide bonds. The van der Waals surface area contributed by atoms with Crippen LogP contribution in [0.25, 0.3) is 11.0 Å². The zero-order valence-corrected chi connectivity index (χ0v) is 14.6. The van der Waals surface area contributed by atoms with Crippen LogP contribution in [0.15, 0.2) is 52.9 Å². The monoisotopic (exact) mass is 359 g/mol. The van der Waals surface area contributed by atoms with Crippen molar-refractivity contribution in [2.75, 3.05) is 6.54 Å². The van der Waals surface area contributed by atoms with Crippen LogP contribution in [0.1, 0.15) is 37.3 Å². The summed E-state index contributed by atoms with van der Waals surface area (Å²) in [6.45, 7) is 3.86. The molecule has 1 heterocycles. The Labute approximate surface area is 150 Å². The van der Waals surface area contributed by atoms with Gasteiger partial charge in [0.1, 0.15) is 17.4 Å². The van der Waals surface area contributed by atoms with E-state index in [4.69, 9.17) is 4.42 Å². The molecule has 1 aromatic heterocycles. The molecule has 3 N–H and O–H groups in total. The fourth-order valence-electron chi connectivity index (χ4n) is 2.80. The highest BCUT2D eigenvalue weighted by Gasteiger charge is 2.17. The Bertz CT molecular complexity index is 890. The summed E-state index contributed by atoms with van der Waals surface area (Å²) in [4.78, 5) is 12.2. The zero-order valence-electron chi connectivity index (χ0n) is 14.6. The second-order valence-corrected chi connectivity index (χ2v) is 6.38. The number of carbonyl (C=O) groups is 1. The van der Waals surface area contributed by atoms with Crippen molar-refractivity contribution >= 4 is 16.9 Å². The average Bonchev–Trinajstić information content (AvgIpc) is 3.06. The van der Waals surface area contributed by atoms with Gasteiger partial charge in [0.2, 0.25) is 0 Å². The van der Waals surface area contributed by atoms with Crippen molar-refractivity contribution in [1.82, 2.24) is 5.32 Å². The topological polar surface area (TPSA) is 58.9 Å². The van der Waals surface area contributed by atoms with Crippen LogP contribution in [0, 0.1) is 11.6 Å². The Hall–Kier alpha value is -2.73. The van der Waals surface area contributed by atoms with Gasteiger partial charge in [-0.15, -0.1) is 0 Å². The standard InChI is InChI=1S/C20H20F2N2O2/c1-12(14-7-8-16(21)17(22)9-14)23-11-20(25)24-13(2)19-10-15-5-3-4-6-18(15)26-19/h3-10,12-13,23H,11H2,1-2H3,(H,24,25)/p+1/t12-,13+/m1/s1. The molecule has 6 heteroatoms. The Kier molecular flexibility index (Phi) is 5.32. The van der Waals surface area contributed by atoms with Crippen molar-refractivity contribution in [1.29, 1.82) is 0 Å². The normalized spacial score (nSPS) is 13.5. The number of rotatable bonds is 6. The summed E-state index contributed by atoms with van der Waals surface area (Å²) in [5.74, 6) is -1.23. The molecule has 0 unspecified atom stereocenters. The smallest absolute Gasteiger partial charge is 0.275 e. The second kappa shape index (κ2) is 7.66. The number of amides is 1. The lowest BCUT2D eigenvalue weighted by atomic mass is 10.1. The summed E-state index contributed by atoms with van der Waals surface area (Å²) < 4.78 is 32.1. The van der Waals surface area contributed by atoms with E-state index in [1.807, 2.05) is 44.2 Å². The molecule has 4 nitrogen and oxygen atoms in total. The first-order chi connectivity index (χ1) is 12.4. The summed E-state index contributed by atoms with van der Waals surface area (Å²) in [6.07, 6.45) is 0. The maximum atomic E-state index is 13.3. The minimum absolute atomic E-state index is 0.160. The molecule has 0 saturated carbocycles. The van der Waals surface area contributed by atoms with Gasteiger partial charge in [0.15, 0.2) is 18.2 Å². The van der Waals surface area contributed by atoms with Crippen LogP contribution in [-0.4, -0.2) is 12.5 Å². The summed E-state index contributed by atoms with van der Waals surface area (Å²) in [5, 5.41) is 5.65. The third-order valence-corrected chi connectivity index (χ3v) is 4.38. The van der Waals surface area contributed by atoms with Gasteiger partial charge in [-0.05, 0) is 44.2 Å². The Balaban J connectivity index is 1.55. The summed E-state index contributed by atoms with van der Waals surface area (Å²) in [5.41, 5.74) is 1.41. The van der Waals surface area contributed by atoms with Crippen molar-refractivity contribution in [2.24, 2.45) is 0 Å². The van der Waals surface area contributed by atoms with Gasteiger partial charge >= 0.3 is 0 Å². The van der Waals surface area contributed by atoms with E-state index in [1.54, 1.807) is 5.32 Å². The van der Waals surface area contributed by atoms with Gasteiger partial charge in [-0.3, -0.25) is 4.79 Å². The molecule has 0 saturated heterocycles. The van der Waals surface area contributed by atoms with Crippen molar-refractivity contribution in [2.45, 2.75) is 25.9 Å². The number of quaternary nitrogens is 1. The number of furan rings is 1. The van der Waals surface area contributed by atoms with Crippen LogP contribution in [0.2, 0.25) is 0 Å². The summed E-state index contributed by atoms with van der Waals surface area (Å²) in [6, 6.07) is 12.9. The molecule has 0 aliphatic rings. The zero-order chi connectivity index (χ0) is 18.7. The van der Waals surface area contributed by atoms with Gasteiger partial charge in [-0.1, -0.05) is 18.2 Å². The van der Waals surface area contributed by atoms with E-state index in [1.165, 1.54) is 6.07 Å². The summed E-state index contributed by atoms with van der Waals surface area (Å²) >= 11 is 0. The molecule has 136 valence electrons. The van der Waals surface area contributed by atoms with Crippen LogP contribution < -0.4 is 10.6 Å². The Morgan fingerprint density at radius 2 is 1.88 bits per heavy atom. The number of carbonyl (C=O) groups excluding carboxylic acids is 1. The van der Waals surface area contributed by atoms with Gasteiger partial charge in [-0.2, -0.15) is 0 Å². The SMILES string of the molecule is C[C@H](NC(=O)C[NH2+][C@H](C)c1ccc(F)c(F)c1)c1cc2ccccc2o1. The van der Waals surface area contributed by atoms with Gasteiger partial charge in [0, 0.05) is 10.9 Å². The molecule has 26 heavy (non-hydrogen) atoms. The van der Waals surface area contributed by atoms with E-state index >= 15 is 0 Å². The third kappa shape index (κ3) is 4.08. The van der Waals surface area contributed by atoms with Gasteiger partial charge in [0.05, 0.1) is 6.04 Å². The van der Waals surface area contributed by atoms with E-state index in [-0.39, 0.29) is 24.5 Å². The highest BCUT2D eigenvalue weighted by Crippen LogP contribution is 2.23. The van der Waals surface area contributed by atoms with Gasteiger partial charge in [0.25, 0.3) is 5.91 Å². The number of fused-ring (bicyclic) bond motifs is 1. The second-order valence-electron chi connectivity index (χ2n) is 6.38. The van der Waals surface area contributed by atoms with Crippen LogP contribution in [0.5, 0.6) is 0 Å². The molecule has 0 spiro atoms. The molecular weight excluding hydrogens is 338 g/mol. The Morgan fingerprint density at radius 1 is 1.12 bits per heavy atom. The van der Waals surface area contributed by atoms with E-state index in [0.29, 0.717) is 11.3 Å². The predicted octanol–water partition coefficient (Wildman–Crippen LogP) is 3.21. The third-order valence-electron chi connectivity index (χ3n) is 4.38. The fourth-order valence-corrected chi connectivity index (χ4v) is 2.80. The van der Waals surface area contributed by atoms with Crippen LogP contribution in [0.4, 0.5) is 8.78 Å². The molecular formula is C20H21F2N2O2+. The molecule has 2 atom stereocenters. The number of hydrogen-bond donors (Lipinski definition) is 2. The minimum Gasteiger partial charge on any atom is -0.459 e. The molecule has 0 fully saturated rings. The van der Waals surface area contributed by atoms with E-state index in [9.17, 15) is 13.6 Å². The molecule has 3 rings (SSSR count). The van der Waals surface area contributed by atoms with Gasteiger partial charge < -0.3 is 15.1 Å². The quantitative estimate of drug-likeness (QED) is 0.710. The number of halogens is 2. The lowest BCUT2D eigenvalue weighted by Gasteiger charge is -2.14. The molecule has 0 radical (unpaired) electrons. The summed E-state index contributed by atoms with van der Waals surface area (Å²) in [7, 11) is 0. The van der Waals surface area contributed by atoms with E-state index < -0.39 is 11.6 Å². The lowest BCUT2D eigenvalue weighted by Crippen LogP contribution is -2.87. The van der Waals surface area contributed by atoms with Crippen molar-refractivity contribution in [3.8, 4) is 0 Å². The van der Waals surface area contributed by atoms with Crippen molar-refractivity contribution in [3.63, 3.8) is 0 Å². The number of benzene rings is 2. The van der Waals surface area contributed by atoms with Crippen LogP contribution >= 0.6 is 0 Å². The maximum Gasteiger partial charge on any atom is 0.275 e. The molecule has 0 aliphatic carbocycles. The highest BCUT2D eigenvalue weighted by atomic mass is 19.2. The van der Waals surface area contributed by atoms with Crippen molar-refractivity contribution in [3.05, 3.63) is 71.5 Å². The fraction of sp³-hybridized carbons (Fsp3) is 0.250. The van der Waals surface area contributed by atoms with E-state index in [0.717, 1.165) is 23.1 Å². The number of nitrogens with two attached hydrogens (primary N) is 1. The lowest BCUT2D eigenvalue weighted by molar-refractivity contribution is -0.682. The number of hydrogen-bond acceptors (Lipinski definition) is 2. The predicted molar refractivity (Wildman–Crippen MR) is 94.3 cm³/mol. The largest absolute Gasteiger partial charge is 0.459 e. The number of nitrogens with one attached hydrogen (secondary N) is 1. The van der Waals surface area contributed by atoms with Crippen LogP contribution in [-0.2, 0) is 4.79 Å². The first-order valence-corrected chi connectivity index (χ1v) is 8.50. The molecule has 0 bridgehead atoms. The van der Waals surface area contributed by atoms with Gasteiger partial charge in [-0.25, -0.2) is 8.78 Å². The number of para-hydroxylation sites is 1. The maximum absolute atomic E-state index is 13.3. The first-order valence-electron chi connectivity index (χ1n) is 8.50.